The maximum absolute atomic E-state index is 9.79. The molecule has 4 nitrogen and oxygen atoms in total. The highest BCUT2D eigenvalue weighted by Crippen LogP contribution is 2.24. The molecular formula is C11H20N2O2. The number of nitriles is 1. The Balaban J connectivity index is 2.42. The molecule has 1 aliphatic carbocycles. The Morgan fingerprint density at radius 1 is 1.47 bits per heavy atom. The van der Waals surface area contributed by atoms with E-state index in [0.717, 1.165) is 32.4 Å². The van der Waals surface area contributed by atoms with Gasteiger partial charge in [0.1, 0.15) is 0 Å². The molecule has 0 aromatic heterocycles. The van der Waals surface area contributed by atoms with Gasteiger partial charge < -0.3 is 9.84 Å². The fraction of sp³-hybridized carbons (Fsp3) is 0.909. The number of methoxy groups -OCH3 is 1. The van der Waals surface area contributed by atoms with Gasteiger partial charge in [0.15, 0.2) is 0 Å². The molecular weight excluding hydrogens is 192 g/mol. The van der Waals surface area contributed by atoms with Crippen molar-refractivity contribution >= 4 is 0 Å². The van der Waals surface area contributed by atoms with Gasteiger partial charge in [-0.05, 0) is 19.3 Å². The molecule has 0 aromatic rings. The van der Waals surface area contributed by atoms with Crippen molar-refractivity contribution in [2.24, 2.45) is 0 Å². The molecule has 86 valence electrons. The molecule has 2 atom stereocenters. The third-order valence-corrected chi connectivity index (χ3v) is 3.01. The summed E-state index contributed by atoms with van der Waals surface area (Å²) in [5.74, 6) is 0. The zero-order valence-corrected chi connectivity index (χ0v) is 9.35. The summed E-state index contributed by atoms with van der Waals surface area (Å²) >= 11 is 0. The summed E-state index contributed by atoms with van der Waals surface area (Å²) < 4.78 is 5.04. The van der Waals surface area contributed by atoms with E-state index in [2.05, 4.69) is 11.0 Å². The Bertz CT molecular complexity index is 215. The van der Waals surface area contributed by atoms with E-state index in [1.165, 1.54) is 0 Å². The molecule has 0 bridgehead atoms. The molecule has 1 saturated carbocycles. The quantitative estimate of drug-likeness (QED) is 0.706. The maximum atomic E-state index is 9.79. The van der Waals surface area contributed by atoms with Gasteiger partial charge >= 0.3 is 0 Å². The minimum absolute atomic E-state index is 0.222. The maximum Gasteiger partial charge on any atom is 0.0695 e. The largest absolute Gasteiger partial charge is 0.391 e. The van der Waals surface area contributed by atoms with Gasteiger partial charge in [-0.15, -0.1) is 0 Å². The molecule has 1 aliphatic rings. The molecule has 0 amide bonds. The summed E-state index contributed by atoms with van der Waals surface area (Å²) in [6.45, 7) is 2.20. The van der Waals surface area contributed by atoms with Crippen LogP contribution in [0.5, 0.6) is 0 Å². The van der Waals surface area contributed by atoms with E-state index in [9.17, 15) is 5.11 Å². The summed E-state index contributed by atoms with van der Waals surface area (Å²) in [4.78, 5) is 2.18. The van der Waals surface area contributed by atoms with E-state index >= 15 is 0 Å². The number of aliphatic hydroxyl groups is 1. The normalized spacial score (nSPS) is 25.7. The van der Waals surface area contributed by atoms with Gasteiger partial charge in [0.25, 0.3) is 0 Å². The Hall–Kier alpha value is -0.630. The molecule has 15 heavy (non-hydrogen) atoms. The SMILES string of the molecule is COCCN(CCC#N)C1CCCC1O. The Morgan fingerprint density at radius 2 is 2.27 bits per heavy atom. The lowest BCUT2D eigenvalue weighted by Gasteiger charge is -2.30. The second kappa shape index (κ2) is 6.78. The lowest BCUT2D eigenvalue weighted by molar-refractivity contribution is 0.0533. The van der Waals surface area contributed by atoms with Crippen LogP contribution in [0.15, 0.2) is 0 Å². The number of hydrogen-bond donors (Lipinski definition) is 1. The third-order valence-electron chi connectivity index (χ3n) is 3.01. The van der Waals surface area contributed by atoms with Crippen molar-refractivity contribution in [1.29, 1.82) is 5.26 Å². The lowest BCUT2D eigenvalue weighted by Crippen LogP contribution is -2.42. The van der Waals surface area contributed by atoms with Gasteiger partial charge in [0, 0.05) is 32.7 Å². The molecule has 0 radical (unpaired) electrons. The topological polar surface area (TPSA) is 56.5 Å². The summed E-state index contributed by atoms with van der Waals surface area (Å²) in [7, 11) is 1.67. The Kier molecular flexibility index (Phi) is 5.62. The monoisotopic (exact) mass is 212 g/mol. The summed E-state index contributed by atoms with van der Waals surface area (Å²) in [6.07, 6.45) is 3.31. The van der Waals surface area contributed by atoms with Crippen LogP contribution >= 0.6 is 0 Å². The highest BCUT2D eigenvalue weighted by atomic mass is 16.5. The molecule has 0 saturated heterocycles. The molecule has 2 unspecified atom stereocenters. The van der Waals surface area contributed by atoms with Crippen LogP contribution in [0, 0.1) is 11.3 Å². The van der Waals surface area contributed by atoms with E-state index in [4.69, 9.17) is 10.00 Å². The van der Waals surface area contributed by atoms with Crippen LogP contribution in [0.25, 0.3) is 0 Å². The second-order valence-corrected chi connectivity index (χ2v) is 4.00. The standard InChI is InChI=1S/C11H20N2O2/c1-15-9-8-13(7-3-6-12)10-4-2-5-11(10)14/h10-11,14H,2-5,7-9H2,1H3. The van der Waals surface area contributed by atoms with E-state index in [0.29, 0.717) is 13.0 Å². The van der Waals surface area contributed by atoms with Gasteiger partial charge in [0.05, 0.1) is 18.8 Å². The van der Waals surface area contributed by atoms with Crippen molar-refractivity contribution in [1.82, 2.24) is 4.90 Å². The van der Waals surface area contributed by atoms with Crippen LogP contribution in [0.4, 0.5) is 0 Å². The fourth-order valence-electron chi connectivity index (χ4n) is 2.19. The van der Waals surface area contributed by atoms with E-state index in [-0.39, 0.29) is 12.1 Å². The Morgan fingerprint density at radius 3 is 2.80 bits per heavy atom. The average Bonchev–Trinajstić information content (AvgIpc) is 2.65. The molecule has 0 spiro atoms. The third kappa shape index (κ3) is 3.78. The molecule has 0 heterocycles. The first kappa shape index (κ1) is 12.4. The molecule has 1 fully saturated rings. The predicted molar refractivity (Wildman–Crippen MR) is 57.3 cm³/mol. The van der Waals surface area contributed by atoms with Crippen LogP contribution in [-0.2, 0) is 4.74 Å². The number of aliphatic hydroxyl groups excluding tert-OH is 1. The van der Waals surface area contributed by atoms with Crippen LogP contribution in [0.1, 0.15) is 25.7 Å². The predicted octanol–water partition coefficient (Wildman–Crippen LogP) is 0.762. The highest BCUT2D eigenvalue weighted by Gasteiger charge is 2.29. The van der Waals surface area contributed by atoms with Gasteiger partial charge in [0.2, 0.25) is 0 Å². The lowest BCUT2D eigenvalue weighted by atomic mass is 10.1. The second-order valence-electron chi connectivity index (χ2n) is 4.00. The van der Waals surface area contributed by atoms with Gasteiger partial charge in [-0.3, -0.25) is 4.90 Å². The van der Waals surface area contributed by atoms with Crippen LogP contribution < -0.4 is 0 Å². The minimum Gasteiger partial charge on any atom is -0.391 e. The average molecular weight is 212 g/mol. The van der Waals surface area contributed by atoms with Crippen molar-refractivity contribution in [3.05, 3.63) is 0 Å². The van der Waals surface area contributed by atoms with Crippen LogP contribution in [0.3, 0.4) is 0 Å². The summed E-state index contributed by atoms with van der Waals surface area (Å²) in [6, 6.07) is 2.38. The van der Waals surface area contributed by atoms with Crippen molar-refractivity contribution in [3.8, 4) is 6.07 Å². The van der Waals surface area contributed by atoms with E-state index < -0.39 is 0 Å². The first-order valence-electron chi connectivity index (χ1n) is 5.57. The zero-order chi connectivity index (χ0) is 11.1. The van der Waals surface area contributed by atoms with Crippen molar-refractivity contribution in [3.63, 3.8) is 0 Å². The molecule has 0 aliphatic heterocycles. The first-order chi connectivity index (χ1) is 7.29. The number of nitrogens with zero attached hydrogens (tertiary/aromatic N) is 2. The highest BCUT2D eigenvalue weighted by molar-refractivity contribution is 4.86. The van der Waals surface area contributed by atoms with E-state index in [1.807, 2.05) is 0 Å². The number of rotatable bonds is 6. The van der Waals surface area contributed by atoms with Gasteiger partial charge in [-0.25, -0.2) is 0 Å². The van der Waals surface area contributed by atoms with Crippen LogP contribution in [0.2, 0.25) is 0 Å². The first-order valence-corrected chi connectivity index (χ1v) is 5.57. The fourth-order valence-corrected chi connectivity index (χ4v) is 2.19. The zero-order valence-electron chi connectivity index (χ0n) is 9.35. The van der Waals surface area contributed by atoms with Gasteiger partial charge in [-0.2, -0.15) is 5.26 Å². The van der Waals surface area contributed by atoms with Crippen LogP contribution in [-0.4, -0.2) is 49.0 Å². The minimum atomic E-state index is -0.222. The molecule has 1 N–H and O–H groups in total. The number of ether oxygens (including phenoxy) is 1. The van der Waals surface area contributed by atoms with E-state index in [1.54, 1.807) is 7.11 Å². The van der Waals surface area contributed by atoms with Crippen molar-refractivity contribution in [2.75, 3.05) is 26.8 Å². The van der Waals surface area contributed by atoms with Crippen molar-refractivity contribution in [2.45, 2.75) is 37.8 Å². The number of hydrogen-bond acceptors (Lipinski definition) is 4. The molecule has 4 heteroatoms. The molecule has 1 rings (SSSR count). The smallest absolute Gasteiger partial charge is 0.0695 e. The summed E-state index contributed by atoms with van der Waals surface area (Å²) in [5, 5.41) is 18.4. The van der Waals surface area contributed by atoms with Gasteiger partial charge in [-0.1, -0.05) is 0 Å². The Labute approximate surface area is 91.4 Å². The van der Waals surface area contributed by atoms with Crippen molar-refractivity contribution < 1.29 is 9.84 Å². The molecule has 0 aromatic carbocycles. The summed E-state index contributed by atoms with van der Waals surface area (Å²) in [5.41, 5.74) is 0.